The molecule has 1 heterocycles. The van der Waals surface area contributed by atoms with Gasteiger partial charge in [-0.3, -0.25) is 9.59 Å². The highest BCUT2D eigenvalue weighted by Crippen LogP contribution is 2.33. The monoisotopic (exact) mass is 464 g/mol. The summed E-state index contributed by atoms with van der Waals surface area (Å²) in [5.74, 6) is 1.46. The van der Waals surface area contributed by atoms with E-state index >= 15 is 0 Å². The second kappa shape index (κ2) is 10.9. The number of anilines is 1. The molecule has 170 valence electrons. The van der Waals surface area contributed by atoms with E-state index in [0.717, 1.165) is 0 Å². The molecule has 33 heavy (non-hydrogen) atoms. The highest BCUT2D eigenvalue weighted by atomic mass is 35.5. The summed E-state index contributed by atoms with van der Waals surface area (Å²) in [5, 5.41) is 3.46. The second-order valence-electron chi connectivity index (χ2n) is 7.80. The van der Waals surface area contributed by atoms with E-state index in [4.69, 9.17) is 21.1 Å². The molecule has 0 atom stereocenters. The minimum absolute atomic E-state index is 0.0103. The fraction of sp³-hybridized carbons (Fsp3) is 0.231. The van der Waals surface area contributed by atoms with Crippen LogP contribution in [0.5, 0.6) is 17.2 Å². The number of halogens is 1. The summed E-state index contributed by atoms with van der Waals surface area (Å²) in [4.78, 5) is 27.1. The zero-order valence-electron chi connectivity index (χ0n) is 18.1. The molecule has 4 rings (SSSR count). The topological polar surface area (TPSA) is 67.9 Å². The summed E-state index contributed by atoms with van der Waals surface area (Å²) in [7, 11) is 0. The molecule has 3 aromatic rings. The quantitative estimate of drug-likeness (QED) is 0.509. The van der Waals surface area contributed by atoms with Crippen molar-refractivity contribution >= 4 is 29.1 Å². The molecule has 0 spiro atoms. The molecule has 3 aromatic carbocycles. The van der Waals surface area contributed by atoms with Crippen LogP contribution in [0.2, 0.25) is 5.02 Å². The van der Waals surface area contributed by atoms with Crippen molar-refractivity contribution < 1.29 is 19.1 Å². The number of hydrogen-bond donors (Lipinski definition) is 1. The fourth-order valence-corrected chi connectivity index (χ4v) is 3.86. The third kappa shape index (κ3) is 6.26. The van der Waals surface area contributed by atoms with Crippen LogP contribution in [0.15, 0.2) is 78.9 Å². The van der Waals surface area contributed by atoms with Crippen molar-refractivity contribution in [2.24, 2.45) is 5.92 Å². The lowest BCUT2D eigenvalue weighted by Crippen LogP contribution is -2.43. The number of carbonyl (C=O) groups excluding carboxylic acids is 2. The lowest BCUT2D eigenvalue weighted by atomic mass is 9.95. The SMILES string of the molecule is O=C(Nc1cc(Cl)ccc1Oc1ccccc1)C1CCN(C(=O)COc2ccccc2)CC1. The van der Waals surface area contributed by atoms with Crippen molar-refractivity contribution in [1.82, 2.24) is 4.90 Å². The van der Waals surface area contributed by atoms with Crippen LogP contribution < -0.4 is 14.8 Å². The van der Waals surface area contributed by atoms with E-state index in [1.807, 2.05) is 60.7 Å². The molecule has 1 saturated heterocycles. The number of likely N-dealkylation sites (tertiary alicyclic amines) is 1. The number of ether oxygens (including phenoxy) is 2. The molecular formula is C26H25ClN2O4. The molecule has 0 saturated carbocycles. The summed E-state index contributed by atoms with van der Waals surface area (Å²) in [5.41, 5.74) is 0.520. The number of carbonyl (C=O) groups is 2. The van der Waals surface area contributed by atoms with Gasteiger partial charge in [-0.05, 0) is 55.3 Å². The van der Waals surface area contributed by atoms with Gasteiger partial charge in [-0.25, -0.2) is 0 Å². The third-order valence-electron chi connectivity index (χ3n) is 5.49. The zero-order valence-corrected chi connectivity index (χ0v) is 18.8. The van der Waals surface area contributed by atoms with Gasteiger partial charge in [0.15, 0.2) is 12.4 Å². The molecule has 1 fully saturated rings. The Morgan fingerprint density at radius 3 is 2.21 bits per heavy atom. The normalized spacial score (nSPS) is 13.9. The van der Waals surface area contributed by atoms with Gasteiger partial charge in [-0.1, -0.05) is 48.0 Å². The molecular weight excluding hydrogens is 440 g/mol. The average molecular weight is 465 g/mol. The highest BCUT2D eigenvalue weighted by Gasteiger charge is 2.28. The third-order valence-corrected chi connectivity index (χ3v) is 5.73. The Kier molecular flexibility index (Phi) is 7.47. The number of piperidine rings is 1. The first-order valence-corrected chi connectivity index (χ1v) is 11.3. The highest BCUT2D eigenvalue weighted by molar-refractivity contribution is 6.31. The van der Waals surface area contributed by atoms with Gasteiger partial charge >= 0.3 is 0 Å². The van der Waals surface area contributed by atoms with Gasteiger partial charge in [0.2, 0.25) is 5.91 Å². The molecule has 0 unspecified atom stereocenters. The second-order valence-corrected chi connectivity index (χ2v) is 8.24. The first-order chi connectivity index (χ1) is 16.1. The Morgan fingerprint density at radius 2 is 1.55 bits per heavy atom. The van der Waals surface area contributed by atoms with Crippen molar-refractivity contribution in [2.75, 3.05) is 25.0 Å². The molecule has 7 heteroatoms. The minimum Gasteiger partial charge on any atom is -0.484 e. The summed E-state index contributed by atoms with van der Waals surface area (Å²) >= 11 is 6.15. The maximum absolute atomic E-state index is 12.9. The number of benzene rings is 3. The molecule has 0 bridgehead atoms. The van der Waals surface area contributed by atoms with Crippen LogP contribution in [-0.2, 0) is 9.59 Å². The van der Waals surface area contributed by atoms with Crippen LogP contribution >= 0.6 is 11.6 Å². The van der Waals surface area contributed by atoms with Gasteiger partial charge < -0.3 is 19.7 Å². The Bertz CT molecular complexity index is 1080. The standard InChI is InChI=1S/C26H25ClN2O4/c27-20-11-12-24(33-22-9-5-2-6-10-22)23(17-20)28-26(31)19-13-15-29(16-14-19)25(30)18-32-21-7-3-1-4-8-21/h1-12,17,19H,13-16,18H2,(H,28,31). The van der Waals surface area contributed by atoms with Crippen molar-refractivity contribution in [1.29, 1.82) is 0 Å². The van der Waals surface area contributed by atoms with E-state index in [1.165, 1.54) is 0 Å². The molecule has 0 aliphatic carbocycles. The predicted octanol–water partition coefficient (Wildman–Crippen LogP) is 5.39. The van der Waals surface area contributed by atoms with Crippen LogP contribution in [0, 0.1) is 5.92 Å². The fourth-order valence-electron chi connectivity index (χ4n) is 3.68. The van der Waals surface area contributed by atoms with Crippen LogP contribution in [0.1, 0.15) is 12.8 Å². The molecule has 6 nitrogen and oxygen atoms in total. The largest absolute Gasteiger partial charge is 0.484 e. The van der Waals surface area contributed by atoms with E-state index in [1.54, 1.807) is 23.1 Å². The van der Waals surface area contributed by atoms with Gasteiger partial charge in [-0.15, -0.1) is 0 Å². The van der Waals surface area contributed by atoms with Gasteiger partial charge in [0.05, 0.1) is 5.69 Å². The Balaban J connectivity index is 1.31. The van der Waals surface area contributed by atoms with Crippen molar-refractivity contribution in [3.05, 3.63) is 83.9 Å². The van der Waals surface area contributed by atoms with E-state index in [9.17, 15) is 9.59 Å². The summed E-state index contributed by atoms with van der Waals surface area (Å²) in [6.07, 6.45) is 1.16. The first kappa shape index (κ1) is 22.7. The lowest BCUT2D eigenvalue weighted by Gasteiger charge is -2.31. The van der Waals surface area contributed by atoms with Gasteiger partial charge in [-0.2, -0.15) is 0 Å². The van der Waals surface area contributed by atoms with Gasteiger partial charge in [0.1, 0.15) is 11.5 Å². The zero-order chi connectivity index (χ0) is 23.0. The molecule has 1 aliphatic rings. The van der Waals surface area contributed by atoms with Crippen molar-refractivity contribution in [3.63, 3.8) is 0 Å². The van der Waals surface area contributed by atoms with Crippen molar-refractivity contribution in [3.8, 4) is 17.2 Å². The number of nitrogens with zero attached hydrogens (tertiary/aromatic N) is 1. The van der Waals surface area contributed by atoms with Crippen LogP contribution in [0.25, 0.3) is 0 Å². The van der Waals surface area contributed by atoms with Crippen LogP contribution in [0.3, 0.4) is 0 Å². The van der Waals surface area contributed by atoms with E-state index in [0.29, 0.717) is 53.9 Å². The summed E-state index contributed by atoms with van der Waals surface area (Å²) in [6, 6.07) is 23.7. The maximum atomic E-state index is 12.9. The minimum atomic E-state index is -0.201. The molecule has 0 radical (unpaired) electrons. The summed E-state index contributed by atoms with van der Waals surface area (Å²) < 4.78 is 11.5. The van der Waals surface area contributed by atoms with Crippen LogP contribution in [0.4, 0.5) is 5.69 Å². The first-order valence-electron chi connectivity index (χ1n) is 10.9. The molecule has 2 amide bonds. The number of para-hydroxylation sites is 2. The molecule has 1 aliphatic heterocycles. The molecule has 1 N–H and O–H groups in total. The average Bonchev–Trinajstić information content (AvgIpc) is 2.85. The number of hydrogen-bond acceptors (Lipinski definition) is 4. The Morgan fingerprint density at radius 1 is 0.909 bits per heavy atom. The summed E-state index contributed by atoms with van der Waals surface area (Å²) in [6.45, 7) is 1.01. The lowest BCUT2D eigenvalue weighted by molar-refractivity contribution is -0.136. The van der Waals surface area contributed by atoms with Gasteiger partial charge in [0, 0.05) is 24.0 Å². The Hall–Kier alpha value is -3.51. The number of amides is 2. The smallest absolute Gasteiger partial charge is 0.260 e. The maximum Gasteiger partial charge on any atom is 0.260 e. The van der Waals surface area contributed by atoms with E-state index in [-0.39, 0.29) is 24.3 Å². The Labute approximate surface area is 198 Å². The predicted molar refractivity (Wildman–Crippen MR) is 128 cm³/mol. The van der Waals surface area contributed by atoms with Crippen LogP contribution in [-0.4, -0.2) is 36.4 Å². The molecule has 0 aromatic heterocycles. The number of nitrogens with one attached hydrogen (secondary N) is 1. The van der Waals surface area contributed by atoms with E-state index in [2.05, 4.69) is 5.32 Å². The van der Waals surface area contributed by atoms with Gasteiger partial charge in [0.25, 0.3) is 5.91 Å². The van der Waals surface area contributed by atoms with E-state index < -0.39 is 0 Å². The van der Waals surface area contributed by atoms with Crippen molar-refractivity contribution in [2.45, 2.75) is 12.8 Å². The number of rotatable bonds is 7.